The first-order valence-corrected chi connectivity index (χ1v) is 8.08. The van der Waals surface area contributed by atoms with E-state index in [-0.39, 0.29) is 0 Å². The van der Waals surface area contributed by atoms with Crippen LogP contribution in [-0.2, 0) is 6.54 Å². The van der Waals surface area contributed by atoms with E-state index in [0.29, 0.717) is 5.75 Å². The Morgan fingerprint density at radius 1 is 1.10 bits per heavy atom. The molecule has 0 saturated carbocycles. The third-order valence-electron chi connectivity index (χ3n) is 3.37. The molecule has 1 saturated heterocycles. The average molecular weight is 320 g/mol. The second kappa shape index (κ2) is 7.93. The van der Waals surface area contributed by atoms with Gasteiger partial charge in [0.1, 0.15) is 5.75 Å². The molecule has 0 unspecified atom stereocenters. The molecule has 0 radical (unpaired) electrons. The zero-order valence-corrected chi connectivity index (χ0v) is 13.1. The maximum absolute atomic E-state index is 10.0. The maximum atomic E-state index is 10.0. The first kappa shape index (κ1) is 18.2. The van der Waals surface area contributed by atoms with Crippen molar-refractivity contribution in [1.29, 1.82) is 0 Å². The molecular formula is C14H22ClNO5. The molecular weight excluding hydrogens is 298 g/mol. The fourth-order valence-corrected chi connectivity index (χ4v) is 2.53. The van der Waals surface area contributed by atoms with Gasteiger partial charge in [-0.1, -0.05) is 24.1 Å². The Kier molecular flexibility index (Phi) is 6.86. The van der Waals surface area contributed by atoms with Gasteiger partial charge in [-0.25, -0.2) is 0 Å². The molecule has 0 spiro atoms. The van der Waals surface area contributed by atoms with Gasteiger partial charge in [0.15, 0.2) is 0 Å². The number of rotatable bonds is 2. The van der Waals surface area contributed by atoms with Crippen LogP contribution < -0.4 is 14.0 Å². The molecule has 6 nitrogen and oxygen atoms in total. The fraction of sp³-hybridized carbons (Fsp3) is 0.571. The van der Waals surface area contributed by atoms with E-state index in [1.165, 1.54) is 37.9 Å². The lowest BCUT2D eigenvalue weighted by atomic mass is 10.0. The zero-order chi connectivity index (χ0) is 16.0. The summed E-state index contributed by atoms with van der Waals surface area (Å²) >= 11 is 0. The van der Waals surface area contributed by atoms with Crippen molar-refractivity contribution >= 4 is 0 Å². The van der Waals surface area contributed by atoms with Crippen molar-refractivity contribution in [2.75, 3.05) is 13.1 Å². The summed E-state index contributed by atoms with van der Waals surface area (Å²) in [5, 5.41) is 10.0. The van der Waals surface area contributed by atoms with Gasteiger partial charge in [-0.15, -0.1) is 0 Å². The molecule has 1 aliphatic rings. The van der Waals surface area contributed by atoms with Crippen LogP contribution in [0.1, 0.15) is 36.0 Å². The Hall–Kier alpha value is -0.890. The summed E-state index contributed by atoms with van der Waals surface area (Å²) in [7, 11) is -4.69. The van der Waals surface area contributed by atoms with Gasteiger partial charge in [0.25, 0.3) is 0 Å². The van der Waals surface area contributed by atoms with Gasteiger partial charge in [0.2, 0.25) is 0 Å². The maximum Gasteiger partial charge on any atom is 0.122 e. The number of phenols is 1. The molecule has 0 atom stereocenters. The van der Waals surface area contributed by atoms with E-state index in [4.69, 9.17) is 18.6 Å². The van der Waals surface area contributed by atoms with Gasteiger partial charge in [-0.3, -0.25) is 4.90 Å². The second-order valence-corrected chi connectivity index (χ2v) is 6.11. The number of aromatic hydroxyl groups is 1. The highest BCUT2D eigenvalue weighted by Crippen LogP contribution is 2.25. The Bertz CT molecular complexity index is 449. The lowest BCUT2D eigenvalue weighted by Crippen LogP contribution is -2.58. The SMILES string of the molecule is Cc1cc(C)c(O)c(CN2CCCCC2)c1.[O-][Cl+3]([O-])([O-])O. The predicted octanol–water partition coefficient (Wildman–Crippen LogP) is -1.13. The number of phenolic OH excluding ortho intramolecular Hbond substituents is 1. The van der Waals surface area contributed by atoms with Crippen LogP contribution in [0.15, 0.2) is 12.1 Å². The van der Waals surface area contributed by atoms with Crippen molar-refractivity contribution in [3.8, 4) is 5.75 Å². The summed E-state index contributed by atoms with van der Waals surface area (Å²) in [5.74, 6) is 0.483. The van der Waals surface area contributed by atoms with Crippen LogP contribution in [0, 0.1) is 24.1 Å². The number of likely N-dealkylation sites (tertiary alicyclic amines) is 1. The van der Waals surface area contributed by atoms with E-state index in [1.807, 2.05) is 13.0 Å². The standard InChI is InChI=1S/C14H21NO.ClHO4/c1-11-8-12(2)14(16)13(9-11)10-15-6-4-3-5-7-15;2-1(3,4)5/h8-9,16H,3-7,10H2,1-2H3;(H,2,3,4,5). The van der Waals surface area contributed by atoms with Gasteiger partial charge in [0, 0.05) is 12.1 Å². The first-order chi connectivity index (χ1) is 9.66. The molecule has 120 valence electrons. The number of piperidine rings is 1. The normalized spacial score (nSPS) is 16.3. The summed E-state index contributed by atoms with van der Waals surface area (Å²) in [5.41, 5.74) is 3.31. The van der Waals surface area contributed by atoms with E-state index in [0.717, 1.165) is 17.7 Å². The van der Waals surface area contributed by atoms with Gasteiger partial charge >= 0.3 is 0 Å². The molecule has 1 aliphatic heterocycles. The fourth-order valence-electron chi connectivity index (χ4n) is 2.53. The number of halogens is 1. The van der Waals surface area contributed by atoms with Crippen LogP contribution in [0.5, 0.6) is 5.75 Å². The van der Waals surface area contributed by atoms with Crippen molar-refractivity contribution in [3.63, 3.8) is 0 Å². The van der Waals surface area contributed by atoms with E-state index in [1.54, 1.807) is 0 Å². The predicted molar refractivity (Wildman–Crippen MR) is 68.9 cm³/mol. The molecule has 0 aliphatic carbocycles. The summed E-state index contributed by atoms with van der Waals surface area (Å²) < 4.78 is 32.7. The Morgan fingerprint density at radius 2 is 1.62 bits per heavy atom. The number of hydrogen-bond acceptors (Lipinski definition) is 6. The minimum absolute atomic E-state index is 0.483. The first-order valence-electron chi connectivity index (χ1n) is 6.81. The molecule has 1 heterocycles. The van der Waals surface area contributed by atoms with Crippen molar-refractivity contribution in [2.45, 2.75) is 39.7 Å². The number of benzene rings is 1. The molecule has 21 heavy (non-hydrogen) atoms. The van der Waals surface area contributed by atoms with Crippen molar-refractivity contribution < 1.29 is 34.0 Å². The molecule has 0 aromatic heterocycles. The van der Waals surface area contributed by atoms with E-state index in [9.17, 15) is 5.11 Å². The van der Waals surface area contributed by atoms with E-state index in [2.05, 4.69) is 17.9 Å². The molecule has 7 heteroatoms. The van der Waals surface area contributed by atoms with Crippen LogP contribution in [0.4, 0.5) is 0 Å². The van der Waals surface area contributed by atoms with Crippen LogP contribution in [0.2, 0.25) is 0 Å². The third-order valence-corrected chi connectivity index (χ3v) is 3.37. The lowest BCUT2D eigenvalue weighted by Gasteiger charge is -2.27. The van der Waals surface area contributed by atoms with Crippen molar-refractivity contribution in [2.24, 2.45) is 0 Å². The number of hydrogen-bond donors (Lipinski definition) is 2. The lowest BCUT2D eigenvalue weighted by molar-refractivity contribution is -1.92. The summed E-state index contributed by atoms with van der Waals surface area (Å²) in [6, 6.07) is 4.14. The summed E-state index contributed by atoms with van der Waals surface area (Å²) in [4.78, 5) is 2.44. The smallest absolute Gasteiger partial charge is 0.122 e. The van der Waals surface area contributed by atoms with Gasteiger partial charge in [-0.05, 0) is 45.3 Å². The zero-order valence-electron chi connectivity index (χ0n) is 12.3. The third kappa shape index (κ3) is 7.61. The van der Waals surface area contributed by atoms with Crippen LogP contribution in [0.25, 0.3) is 0 Å². The largest absolute Gasteiger partial charge is 0.507 e. The number of aryl methyl sites for hydroxylation is 2. The quantitative estimate of drug-likeness (QED) is 0.713. The number of nitrogens with zero attached hydrogens (tertiary/aromatic N) is 1. The van der Waals surface area contributed by atoms with Gasteiger partial charge in [0.05, 0.1) is 14.9 Å². The highest BCUT2D eigenvalue weighted by molar-refractivity contribution is 5.42. The van der Waals surface area contributed by atoms with E-state index >= 15 is 0 Å². The summed E-state index contributed by atoms with van der Waals surface area (Å²) in [6.45, 7) is 7.31. The highest BCUT2D eigenvalue weighted by atomic mass is 35.7. The van der Waals surface area contributed by atoms with Crippen LogP contribution in [-0.4, -0.2) is 27.8 Å². The molecule has 0 amide bonds. The Balaban J connectivity index is 0.000000383. The van der Waals surface area contributed by atoms with Crippen molar-refractivity contribution in [1.82, 2.24) is 4.90 Å². The Morgan fingerprint density at radius 3 is 2.14 bits per heavy atom. The summed E-state index contributed by atoms with van der Waals surface area (Å²) in [6.07, 6.45) is 3.95. The minimum Gasteiger partial charge on any atom is -0.507 e. The highest BCUT2D eigenvalue weighted by Gasteiger charge is 2.13. The molecule has 1 aromatic rings. The molecule has 2 rings (SSSR count). The molecule has 1 fully saturated rings. The van der Waals surface area contributed by atoms with Crippen molar-refractivity contribution in [3.05, 3.63) is 28.8 Å². The average Bonchev–Trinajstić information content (AvgIpc) is 2.34. The second-order valence-electron chi connectivity index (χ2n) is 5.32. The van der Waals surface area contributed by atoms with Crippen LogP contribution >= 0.6 is 0 Å². The molecule has 2 N–H and O–H groups in total. The minimum atomic E-state index is -4.69. The van der Waals surface area contributed by atoms with Crippen LogP contribution in [0.3, 0.4) is 0 Å². The van der Waals surface area contributed by atoms with Gasteiger partial charge in [-0.2, -0.15) is 14.0 Å². The van der Waals surface area contributed by atoms with E-state index < -0.39 is 10.2 Å². The monoisotopic (exact) mass is 319 g/mol. The molecule has 0 bridgehead atoms. The topological polar surface area (TPSA) is 113 Å². The van der Waals surface area contributed by atoms with Gasteiger partial charge < -0.3 is 5.11 Å². The molecule has 1 aromatic carbocycles. The Labute approximate surface area is 127 Å².